The molecule has 3 aromatic carbocycles. The number of aromatic nitrogens is 1. The Hall–Kier alpha value is -3.33. The number of anilines is 1. The van der Waals surface area contributed by atoms with Gasteiger partial charge >= 0.3 is 4.87 Å². The number of thiazole rings is 1. The Morgan fingerprint density at radius 3 is 2.37 bits per heavy atom. The number of H-pyrrole nitrogens is 1. The van der Waals surface area contributed by atoms with Gasteiger partial charge in [0, 0.05) is 15.8 Å². The minimum Gasteiger partial charge on any atom is -0.457 e. The highest BCUT2D eigenvalue weighted by Gasteiger charge is 2.56. The van der Waals surface area contributed by atoms with E-state index in [1.54, 1.807) is 24.3 Å². The minimum absolute atomic E-state index is 0.210. The van der Waals surface area contributed by atoms with E-state index in [9.17, 15) is 14.4 Å². The van der Waals surface area contributed by atoms with E-state index in [4.69, 9.17) is 16.3 Å². The lowest BCUT2D eigenvalue weighted by Crippen LogP contribution is -2.32. The van der Waals surface area contributed by atoms with Gasteiger partial charge in [0.05, 0.1) is 16.6 Å². The summed E-state index contributed by atoms with van der Waals surface area (Å²) in [7, 11) is 0. The zero-order valence-corrected chi connectivity index (χ0v) is 20.4. The van der Waals surface area contributed by atoms with Crippen LogP contribution in [0.5, 0.6) is 11.5 Å². The molecule has 0 saturated carbocycles. The number of nitrogens with one attached hydrogen (secondary N) is 1. The van der Waals surface area contributed by atoms with E-state index in [2.05, 4.69) is 4.98 Å². The van der Waals surface area contributed by atoms with Crippen molar-refractivity contribution in [2.24, 2.45) is 5.92 Å². The SMILES string of the molecule is O=C1C2Sc3[nH]c(=O)sc3[C@H](c3cccc(Oc4ccccc4)c3)C2C(=O)N1c1ccc(Cl)cc1. The van der Waals surface area contributed by atoms with Gasteiger partial charge in [0.1, 0.15) is 16.7 Å². The number of thioether (sulfide) groups is 1. The number of hydrogen-bond acceptors (Lipinski definition) is 6. The van der Waals surface area contributed by atoms with Gasteiger partial charge in [0.2, 0.25) is 11.8 Å². The summed E-state index contributed by atoms with van der Waals surface area (Å²) in [6, 6.07) is 23.5. The number of carbonyl (C=O) groups excluding carboxylic acids is 2. The molecule has 2 amide bonds. The van der Waals surface area contributed by atoms with Crippen LogP contribution >= 0.6 is 34.7 Å². The second-order valence-electron chi connectivity index (χ2n) is 8.23. The smallest absolute Gasteiger partial charge is 0.305 e. The molecule has 0 spiro atoms. The van der Waals surface area contributed by atoms with E-state index in [1.165, 1.54) is 16.7 Å². The normalized spacial score (nSPS) is 21.1. The monoisotopic (exact) mass is 520 g/mol. The van der Waals surface area contributed by atoms with Crippen LogP contribution in [0, 0.1) is 5.92 Å². The number of benzene rings is 3. The molecule has 2 unspecified atom stereocenters. The standard InChI is InChI=1S/C26H17ClN2O4S2/c27-15-9-11-16(12-10-15)29-24(30)20-19(21-23(28-26(32)35-21)34-22(20)25(29)31)14-5-4-8-18(13-14)33-17-6-2-1-3-7-17/h1-13,19-20,22H,(H,28,32)/t19-,20?,22?/m1/s1. The second kappa shape index (κ2) is 8.71. The molecule has 6 rings (SSSR count). The van der Waals surface area contributed by atoms with Crippen molar-refractivity contribution in [3.8, 4) is 11.5 Å². The maximum atomic E-state index is 13.8. The predicted molar refractivity (Wildman–Crippen MR) is 137 cm³/mol. The van der Waals surface area contributed by atoms with Crippen LogP contribution in [0.1, 0.15) is 16.4 Å². The van der Waals surface area contributed by atoms with Crippen molar-refractivity contribution in [3.63, 3.8) is 0 Å². The first kappa shape index (κ1) is 22.2. The molecule has 9 heteroatoms. The molecule has 0 bridgehead atoms. The fourth-order valence-corrected chi connectivity index (χ4v) is 7.26. The van der Waals surface area contributed by atoms with Crippen molar-refractivity contribution in [1.29, 1.82) is 0 Å². The summed E-state index contributed by atoms with van der Waals surface area (Å²) in [5.74, 6) is -0.413. The summed E-state index contributed by atoms with van der Waals surface area (Å²) in [6.07, 6.45) is 0. The van der Waals surface area contributed by atoms with Crippen LogP contribution in [0.25, 0.3) is 0 Å². The van der Waals surface area contributed by atoms with Gasteiger partial charge in [-0.25, -0.2) is 4.90 Å². The molecule has 3 atom stereocenters. The van der Waals surface area contributed by atoms with Crippen LogP contribution in [-0.2, 0) is 9.59 Å². The van der Waals surface area contributed by atoms with Crippen molar-refractivity contribution in [2.45, 2.75) is 16.2 Å². The van der Waals surface area contributed by atoms with E-state index in [1.807, 2.05) is 54.6 Å². The molecule has 0 radical (unpaired) electrons. The largest absolute Gasteiger partial charge is 0.457 e. The minimum atomic E-state index is -0.658. The van der Waals surface area contributed by atoms with E-state index < -0.39 is 17.1 Å². The third-order valence-corrected chi connectivity index (χ3v) is 8.76. The lowest BCUT2D eigenvalue weighted by molar-refractivity contribution is -0.122. The van der Waals surface area contributed by atoms with Gasteiger partial charge in [-0.05, 0) is 54.1 Å². The maximum Gasteiger partial charge on any atom is 0.305 e. The molecule has 1 N–H and O–H groups in total. The van der Waals surface area contributed by atoms with E-state index >= 15 is 0 Å². The Bertz CT molecular complexity index is 1500. The molecular weight excluding hydrogens is 504 g/mol. The molecule has 1 saturated heterocycles. The van der Waals surface area contributed by atoms with Crippen LogP contribution in [0.15, 0.2) is 88.7 Å². The third-order valence-electron chi connectivity index (χ3n) is 6.10. The van der Waals surface area contributed by atoms with Gasteiger partial charge in [-0.15, -0.1) is 0 Å². The fraction of sp³-hybridized carbons (Fsp3) is 0.115. The summed E-state index contributed by atoms with van der Waals surface area (Å²) in [5.41, 5.74) is 1.29. The van der Waals surface area contributed by atoms with Crippen molar-refractivity contribution in [3.05, 3.63) is 104 Å². The number of halogens is 1. The van der Waals surface area contributed by atoms with Crippen LogP contribution in [0.2, 0.25) is 5.02 Å². The number of carbonyl (C=O) groups is 2. The van der Waals surface area contributed by atoms with Crippen molar-refractivity contribution < 1.29 is 14.3 Å². The Kier molecular flexibility index (Phi) is 5.51. The number of aromatic amines is 1. The molecule has 4 aromatic rings. The number of imide groups is 1. The van der Waals surface area contributed by atoms with Gasteiger partial charge in [0.15, 0.2) is 0 Å². The zero-order valence-electron chi connectivity index (χ0n) is 18.0. The molecule has 2 aliphatic heterocycles. The summed E-state index contributed by atoms with van der Waals surface area (Å²) in [4.78, 5) is 44.2. The number of ether oxygens (including phenoxy) is 1. The number of rotatable bonds is 4. The quantitative estimate of drug-likeness (QED) is 0.350. The maximum absolute atomic E-state index is 13.8. The molecule has 6 nitrogen and oxygen atoms in total. The van der Waals surface area contributed by atoms with Gasteiger partial charge < -0.3 is 9.72 Å². The lowest BCUT2D eigenvalue weighted by atomic mass is 9.83. The topological polar surface area (TPSA) is 79.5 Å². The first-order valence-electron chi connectivity index (χ1n) is 10.9. The molecule has 35 heavy (non-hydrogen) atoms. The molecule has 0 aliphatic carbocycles. The van der Waals surface area contributed by atoms with E-state index in [-0.39, 0.29) is 16.7 Å². The predicted octanol–water partition coefficient (Wildman–Crippen LogP) is 5.68. The van der Waals surface area contributed by atoms with Crippen LogP contribution in [-0.4, -0.2) is 22.0 Å². The first-order valence-corrected chi connectivity index (χ1v) is 12.9. The number of nitrogens with zero attached hydrogens (tertiary/aromatic N) is 1. The molecular formula is C26H17ClN2O4S2. The van der Waals surface area contributed by atoms with Crippen molar-refractivity contribution in [1.82, 2.24) is 4.98 Å². The van der Waals surface area contributed by atoms with Gasteiger partial charge in [-0.2, -0.15) is 0 Å². The van der Waals surface area contributed by atoms with E-state index in [0.29, 0.717) is 27.2 Å². The number of hydrogen-bond donors (Lipinski definition) is 1. The summed E-state index contributed by atoms with van der Waals surface area (Å²) in [5, 5.41) is 0.506. The third kappa shape index (κ3) is 3.87. The summed E-state index contributed by atoms with van der Waals surface area (Å²) in [6.45, 7) is 0. The Balaban J connectivity index is 1.43. The Labute approximate surface area is 213 Å². The first-order chi connectivity index (χ1) is 17.0. The van der Waals surface area contributed by atoms with Gasteiger partial charge in [-0.1, -0.05) is 65.0 Å². The highest BCUT2D eigenvalue weighted by atomic mass is 35.5. The van der Waals surface area contributed by atoms with Crippen molar-refractivity contribution >= 4 is 52.2 Å². The molecule has 2 aliphatic rings. The summed E-state index contributed by atoms with van der Waals surface area (Å²) >= 11 is 8.35. The van der Waals surface area contributed by atoms with Crippen LogP contribution in [0.3, 0.4) is 0 Å². The summed E-state index contributed by atoms with van der Waals surface area (Å²) < 4.78 is 6.02. The van der Waals surface area contributed by atoms with E-state index in [0.717, 1.165) is 21.8 Å². The molecule has 1 fully saturated rings. The van der Waals surface area contributed by atoms with Gasteiger partial charge in [-0.3, -0.25) is 14.4 Å². The number of amides is 2. The fourth-order valence-electron chi connectivity index (χ4n) is 4.62. The average Bonchev–Trinajstić information content (AvgIpc) is 3.35. The van der Waals surface area contributed by atoms with Crippen molar-refractivity contribution in [2.75, 3.05) is 4.90 Å². The molecule has 3 heterocycles. The highest BCUT2D eigenvalue weighted by molar-refractivity contribution is 8.00. The second-order valence-corrected chi connectivity index (χ2v) is 10.8. The number of para-hydroxylation sites is 1. The molecule has 1 aromatic heterocycles. The van der Waals surface area contributed by atoms with Crippen LogP contribution in [0.4, 0.5) is 5.69 Å². The Morgan fingerprint density at radius 2 is 1.60 bits per heavy atom. The Morgan fingerprint density at radius 1 is 0.857 bits per heavy atom. The highest BCUT2D eigenvalue weighted by Crippen LogP contribution is 2.53. The lowest BCUT2D eigenvalue weighted by Gasteiger charge is -2.30. The average molecular weight is 521 g/mol. The molecule has 174 valence electrons. The van der Waals surface area contributed by atoms with Crippen LogP contribution < -0.4 is 14.5 Å². The zero-order chi connectivity index (χ0) is 24.1. The number of fused-ring (bicyclic) bond motifs is 2. The van der Waals surface area contributed by atoms with Gasteiger partial charge in [0.25, 0.3) is 0 Å².